The molecule has 0 saturated carbocycles. The van der Waals surface area contributed by atoms with Crippen LogP contribution in [0.3, 0.4) is 0 Å². The molecule has 26 heavy (non-hydrogen) atoms. The SMILES string of the molecule is CCCCCCCCCCCC[CH]([Ti][S](=O)(=O)c1ccccc1)C(C)C. The molecular weight excluding hydrogens is 376 g/mol. The first kappa shape index (κ1) is 23.9. The van der Waals surface area contributed by atoms with Crippen molar-refractivity contribution in [3.63, 3.8) is 0 Å². The van der Waals surface area contributed by atoms with E-state index < -0.39 is 25.3 Å². The fourth-order valence-corrected chi connectivity index (χ4v) is 9.98. The van der Waals surface area contributed by atoms with Gasteiger partial charge >= 0.3 is 164 Å². The topological polar surface area (TPSA) is 34.1 Å². The van der Waals surface area contributed by atoms with Crippen molar-refractivity contribution in [3.8, 4) is 0 Å². The Labute approximate surface area is 170 Å². The average Bonchev–Trinajstić information content (AvgIpc) is 2.62. The van der Waals surface area contributed by atoms with Crippen molar-refractivity contribution in [2.75, 3.05) is 0 Å². The van der Waals surface area contributed by atoms with Gasteiger partial charge in [0.25, 0.3) is 0 Å². The molecule has 0 N–H and O–H groups in total. The molecule has 0 aliphatic rings. The van der Waals surface area contributed by atoms with Gasteiger partial charge in [0, 0.05) is 0 Å². The number of rotatable bonds is 15. The molecule has 0 bridgehead atoms. The van der Waals surface area contributed by atoms with Gasteiger partial charge in [-0.2, -0.15) is 0 Å². The van der Waals surface area contributed by atoms with Gasteiger partial charge in [-0.1, -0.05) is 6.92 Å². The van der Waals surface area contributed by atoms with E-state index in [4.69, 9.17) is 0 Å². The van der Waals surface area contributed by atoms with E-state index >= 15 is 0 Å². The molecule has 1 rings (SSSR count). The second kappa shape index (κ2) is 14.0. The summed E-state index contributed by atoms with van der Waals surface area (Å²) in [4.78, 5) is 0.522. The van der Waals surface area contributed by atoms with Gasteiger partial charge in [0.05, 0.1) is 0 Å². The molecule has 0 spiro atoms. The van der Waals surface area contributed by atoms with Crippen molar-refractivity contribution in [3.05, 3.63) is 30.3 Å². The number of benzene rings is 1. The van der Waals surface area contributed by atoms with Crippen LogP contribution in [0, 0.1) is 5.92 Å². The Morgan fingerprint density at radius 3 is 1.81 bits per heavy atom. The predicted octanol–water partition coefficient (Wildman–Crippen LogP) is 7.21. The van der Waals surface area contributed by atoms with Gasteiger partial charge in [0.2, 0.25) is 0 Å². The van der Waals surface area contributed by atoms with Gasteiger partial charge < -0.3 is 0 Å². The fourth-order valence-electron chi connectivity index (χ4n) is 3.25. The normalized spacial score (nSPS) is 13.1. The van der Waals surface area contributed by atoms with Crippen LogP contribution in [-0.2, 0) is 25.3 Å². The zero-order chi connectivity index (χ0) is 19.3. The summed E-state index contributed by atoms with van der Waals surface area (Å²) in [5.74, 6) is 0.465. The standard InChI is InChI=1S/C16H33.C6H5O2S.Ti/c1-4-5-6-7-8-9-10-11-12-13-14-15-16(2)3;7-9(8)6-4-2-1-3-5-6;/h15-16H,4-14H2,1-3H3;1-5H;. The van der Waals surface area contributed by atoms with Crippen LogP contribution in [0.25, 0.3) is 0 Å². The van der Waals surface area contributed by atoms with E-state index in [9.17, 15) is 8.42 Å². The van der Waals surface area contributed by atoms with Crippen molar-refractivity contribution in [1.82, 2.24) is 0 Å². The van der Waals surface area contributed by atoms with Crippen LogP contribution >= 0.6 is 0 Å². The van der Waals surface area contributed by atoms with Crippen molar-refractivity contribution in [2.24, 2.45) is 5.92 Å². The third kappa shape index (κ3) is 10.3. The first-order valence-corrected chi connectivity index (χ1v) is 14.8. The van der Waals surface area contributed by atoms with Crippen LogP contribution in [0.15, 0.2) is 35.2 Å². The third-order valence-electron chi connectivity index (χ3n) is 5.03. The molecule has 0 aliphatic carbocycles. The first-order valence-electron chi connectivity index (χ1n) is 10.5. The van der Waals surface area contributed by atoms with Crippen LogP contribution in [0.1, 0.15) is 91.4 Å². The van der Waals surface area contributed by atoms with E-state index in [1.165, 1.54) is 64.2 Å². The summed E-state index contributed by atoms with van der Waals surface area (Å²) in [6.45, 7) is 6.63. The Kier molecular flexibility index (Phi) is 12.8. The third-order valence-corrected chi connectivity index (χ3v) is 12.0. The summed E-state index contributed by atoms with van der Waals surface area (Å²) < 4.78 is 25.8. The summed E-state index contributed by atoms with van der Waals surface area (Å²) in [7, 11) is -3.04. The molecule has 0 amide bonds. The fraction of sp³-hybridized carbons (Fsp3) is 0.727. The molecule has 0 radical (unpaired) electrons. The average molecular weight is 414 g/mol. The monoisotopic (exact) mass is 414 g/mol. The predicted molar refractivity (Wildman–Crippen MR) is 109 cm³/mol. The molecular formula is C22H38O2STi. The molecule has 4 heteroatoms. The van der Waals surface area contributed by atoms with E-state index in [0.29, 0.717) is 15.0 Å². The summed E-state index contributed by atoms with van der Waals surface area (Å²) in [5, 5.41) is 0. The van der Waals surface area contributed by atoms with Gasteiger partial charge in [-0.05, 0) is 0 Å². The summed E-state index contributed by atoms with van der Waals surface area (Å²) in [6, 6.07) is 9.02. The van der Waals surface area contributed by atoms with Gasteiger partial charge in [-0.3, -0.25) is 0 Å². The van der Waals surface area contributed by atoms with Gasteiger partial charge in [0.15, 0.2) is 0 Å². The van der Waals surface area contributed by atoms with Gasteiger partial charge in [-0.25, -0.2) is 0 Å². The molecule has 1 unspecified atom stereocenters. The molecule has 0 heterocycles. The van der Waals surface area contributed by atoms with Crippen molar-refractivity contribution >= 4 is 7.42 Å². The molecule has 2 nitrogen and oxygen atoms in total. The van der Waals surface area contributed by atoms with Gasteiger partial charge in [0.1, 0.15) is 0 Å². The second-order valence-electron chi connectivity index (χ2n) is 7.76. The zero-order valence-corrected chi connectivity index (χ0v) is 19.4. The maximum atomic E-state index is 12.7. The minimum absolute atomic E-state index is 0.384. The Morgan fingerprint density at radius 1 is 0.808 bits per heavy atom. The van der Waals surface area contributed by atoms with E-state index in [1.54, 1.807) is 12.1 Å². The molecule has 0 saturated heterocycles. The van der Waals surface area contributed by atoms with E-state index in [2.05, 4.69) is 20.8 Å². The Hall–Kier alpha value is -0.116. The number of unbranched alkanes of at least 4 members (excludes halogenated alkanes) is 9. The van der Waals surface area contributed by atoms with Crippen LogP contribution in [0.4, 0.5) is 0 Å². The quantitative estimate of drug-likeness (QED) is 0.224. The maximum absolute atomic E-state index is 12.7. The molecule has 1 aromatic rings. The molecule has 1 atom stereocenters. The van der Waals surface area contributed by atoms with Crippen molar-refractivity contribution < 1.29 is 26.3 Å². The van der Waals surface area contributed by atoms with Crippen LogP contribution in [-0.4, -0.2) is 8.42 Å². The first-order chi connectivity index (χ1) is 12.5. The summed E-state index contributed by atoms with van der Waals surface area (Å²) >= 11 is -1.03. The molecule has 0 aromatic heterocycles. The molecule has 0 fully saturated rings. The molecule has 1 aromatic carbocycles. The minimum atomic E-state index is -3.04. The van der Waals surface area contributed by atoms with Crippen LogP contribution < -0.4 is 0 Å². The van der Waals surface area contributed by atoms with Gasteiger partial charge in [-0.15, -0.1) is 0 Å². The Bertz CT molecular complexity index is 555. The van der Waals surface area contributed by atoms with Crippen molar-refractivity contribution in [2.45, 2.75) is 101 Å². The Morgan fingerprint density at radius 2 is 1.31 bits per heavy atom. The van der Waals surface area contributed by atoms with E-state index in [0.717, 1.165) is 6.42 Å². The van der Waals surface area contributed by atoms with E-state index in [1.807, 2.05) is 18.2 Å². The van der Waals surface area contributed by atoms with E-state index in [-0.39, 0.29) is 0 Å². The van der Waals surface area contributed by atoms with Crippen molar-refractivity contribution in [1.29, 1.82) is 0 Å². The molecule has 148 valence electrons. The number of hydrogen-bond acceptors (Lipinski definition) is 2. The Balaban J connectivity index is 2.25. The second-order valence-corrected chi connectivity index (χ2v) is 14.2. The number of hydrogen-bond donors (Lipinski definition) is 0. The zero-order valence-electron chi connectivity index (χ0n) is 17.0. The summed E-state index contributed by atoms with van der Waals surface area (Å²) in [6.07, 6.45) is 14.4. The van der Waals surface area contributed by atoms with Crippen LogP contribution in [0.5, 0.6) is 0 Å². The van der Waals surface area contributed by atoms with Crippen LogP contribution in [0.2, 0.25) is 4.22 Å². The summed E-state index contributed by atoms with van der Waals surface area (Å²) in [5.41, 5.74) is 0. The molecule has 0 aliphatic heterocycles.